The third-order valence-electron chi connectivity index (χ3n) is 11.0. The lowest BCUT2D eigenvalue weighted by Gasteiger charge is -2.29. The zero-order valence-corrected chi connectivity index (χ0v) is 32.1. The molecule has 2 saturated heterocycles. The van der Waals surface area contributed by atoms with E-state index < -0.39 is 18.2 Å². The summed E-state index contributed by atoms with van der Waals surface area (Å²) in [5.74, 6) is 1.08. The second-order valence-electron chi connectivity index (χ2n) is 14.6. The molecule has 0 radical (unpaired) electrons. The Morgan fingerprint density at radius 1 is 0.857 bits per heavy atom. The summed E-state index contributed by atoms with van der Waals surface area (Å²) in [4.78, 5) is 58.9. The van der Waals surface area contributed by atoms with Crippen molar-refractivity contribution in [2.45, 2.75) is 76.7 Å². The van der Waals surface area contributed by atoms with Gasteiger partial charge in [0.05, 0.1) is 49.1 Å². The van der Waals surface area contributed by atoms with Gasteiger partial charge in [-0.1, -0.05) is 62.4 Å². The van der Waals surface area contributed by atoms with Gasteiger partial charge in [-0.25, -0.2) is 14.8 Å². The van der Waals surface area contributed by atoms with Crippen LogP contribution in [0.3, 0.4) is 0 Å². The van der Waals surface area contributed by atoms with Crippen LogP contribution in [-0.2, 0) is 25.6 Å². The van der Waals surface area contributed by atoms with E-state index in [2.05, 4.69) is 73.9 Å². The van der Waals surface area contributed by atoms with Crippen molar-refractivity contribution in [1.82, 2.24) is 44.8 Å². The van der Waals surface area contributed by atoms with Crippen molar-refractivity contribution >= 4 is 17.9 Å². The largest absolute Gasteiger partial charge is 0.436 e. The van der Waals surface area contributed by atoms with Gasteiger partial charge in [-0.2, -0.15) is 5.10 Å². The number of nitrogens with zero attached hydrogens (tertiary/aromatic N) is 6. The minimum Gasteiger partial charge on any atom is -0.436 e. The van der Waals surface area contributed by atoms with Crippen LogP contribution >= 0.6 is 0 Å². The number of nitrogens with two attached hydrogens (primary N) is 1. The molecule has 3 aromatic heterocycles. The minimum atomic E-state index is -0.948. The highest BCUT2D eigenvalue weighted by Crippen LogP contribution is 2.35. The van der Waals surface area contributed by atoms with Gasteiger partial charge in [0.25, 0.3) is 5.91 Å². The maximum Gasteiger partial charge on any atom is 0.405 e. The van der Waals surface area contributed by atoms with E-state index in [1.54, 1.807) is 29.1 Å². The number of imidazole rings is 2. The summed E-state index contributed by atoms with van der Waals surface area (Å²) < 4.78 is 12.2. The number of carbonyl (C=O) groups is 3. The number of H-pyrrole nitrogens is 2. The van der Waals surface area contributed by atoms with Gasteiger partial charge < -0.3 is 35.0 Å². The molecule has 5 atom stereocenters. The first-order valence-corrected chi connectivity index (χ1v) is 19.3. The lowest BCUT2D eigenvalue weighted by atomic mass is 10.00. The fourth-order valence-corrected chi connectivity index (χ4v) is 7.74. The van der Waals surface area contributed by atoms with Crippen molar-refractivity contribution in [2.75, 3.05) is 26.9 Å². The molecule has 0 bridgehead atoms. The molecular formula is C41H50N10O5. The Morgan fingerprint density at radius 2 is 1.39 bits per heavy atom. The maximum atomic E-state index is 13.8. The first kappa shape index (κ1) is 38.5. The Balaban J connectivity index is 0.996. The SMILES string of the molecule is CCC(C)[C@H](OC(N)=O)C(=O)N1CCC[C@H]1c1ncc(-c2ccc(-c3ccc(-c4cnc(C5CCCN5C(=O)[C@H](Cn5cccn5)NCOC)[nH]4)cc3)cc2)[nH]1. The van der Waals surface area contributed by atoms with Gasteiger partial charge in [0.1, 0.15) is 17.7 Å². The number of aromatic nitrogens is 6. The standard InChI is InChI=1S/C41H50N10O5/c1-4-26(2)36(56-41(42)54)40(53)51-21-6-9-35(51)38-44-23-32(48-38)30-16-12-28(13-17-30)27-10-14-29(15-11-27)31-22-43-37(47-31)34-8-5-20-50(34)39(52)33(45-25-55-3)24-49-19-7-18-46-49/h7,10-19,22-23,26,33-36,45H,4-6,8-9,20-21,24-25H2,1-3H3,(H2,42,54)(H,43,47)(H,44,48)/t26?,33-,34?,35-,36-/m0/s1. The number of ether oxygens (including phenoxy) is 2. The number of benzene rings is 2. The lowest BCUT2D eigenvalue weighted by molar-refractivity contribution is -0.144. The van der Waals surface area contributed by atoms with Crippen molar-refractivity contribution < 1.29 is 23.9 Å². The summed E-state index contributed by atoms with van der Waals surface area (Å²) in [5, 5.41) is 7.49. The quantitative estimate of drug-likeness (QED) is 0.101. The molecule has 5 N–H and O–H groups in total. The first-order valence-electron chi connectivity index (χ1n) is 19.3. The lowest BCUT2D eigenvalue weighted by Crippen LogP contribution is -2.49. The molecule has 15 heteroatoms. The number of carbonyl (C=O) groups excluding carboxylic acids is 3. The molecule has 0 aliphatic carbocycles. The number of methoxy groups -OCH3 is 1. The molecule has 2 fully saturated rings. The van der Waals surface area contributed by atoms with Gasteiger partial charge >= 0.3 is 6.09 Å². The van der Waals surface area contributed by atoms with E-state index in [0.717, 1.165) is 65.1 Å². The second kappa shape index (κ2) is 17.3. The number of nitrogens with one attached hydrogen (secondary N) is 3. The molecule has 15 nitrogen and oxygen atoms in total. The number of hydrogen-bond acceptors (Lipinski definition) is 9. The Kier molecular flexibility index (Phi) is 11.9. The zero-order chi connectivity index (χ0) is 39.2. The Labute approximate surface area is 326 Å². The topological polar surface area (TPSA) is 189 Å². The molecule has 7 rings (SSSR count). The maximum absolute atomic E-state index is 13.8. The molecule has 2 aromatic carbocycles. The molecule has 2 unspecified atom stereocenters. The molecule has 0 saturated carbocycles. The average Bonchev–Trinajstić information content (AvgIpc) is 4.07. The molecule has 2 aliphatic rings. The highest BCUT2D eigenvalue weighted by molar-refractivity contribution is 5.84. The van der Waals surface area contributed by atoms with E-state index in [-0.39, 0.29) is 36.5 Å². The third kappa shape index (κ3) is 8.38. The van der Waals surface area contributed by atoms with Gasteiger partial charge in [-0.3, -0.25) is 19.6 Å². The molecule has 5 heterocycles. The van der Waals surface area contributed by atoms with Crippen LogP contribution in [0.1, 0.15) is 69.7 Å². The van der Waals surface area contributed by atoms with Crippen LogP contribution in [0, 0.1) is 5.92 Å². The summed E-state index contributed by atoms with van der Waals surface area (Å²) >= 11 is 0. The molecule has 56 heavy (non-hydrogen) atoms. The number of rotatable bonds is 15. The van der Waals surface area contributed by atoms with Gasteiger partial charge in [0.2, 0.25) is 5.91 Å². The van der Waals surface area contributed by atoms with Crippen molar-refractivity contribution in [3.8, 4) is 33.6 Å². The van der Waals surface area contributed by atoms with E-state index in [9.17, 15) is 14.4 Å². The van der Waals surface area contributed by atoms with Crippen LogP contribution in [0.5, 0.6) is 0 Å². The van der Waals surface area contributed by atoms with Gasteiger partial charge in [-0.15, -0.1) is 0 Å². The average molecular weight is 763 g/mol. The first-order chi connectivity index (χ1) is 27.2. The van der Waals surface area contributed by atoms with E-state index in [1.165, 1.54) is 0 Å². The molecule has 294 valence electrons. The van der Waals surface area contributed by atoms with E-state index in [1.807, 2.05) is 37.2 Å². The summed E-state index contributed by atoms with van der Waals surface area (Å²) in [7, 11) is 1.60. The van der Waals surface area contributed by atoms with E-state index in [0.29, 0.717) is 31.9 Å². The summed E-state index contributed by atoms with van der Waals surface area (Å²) in [5.41, 5.74) is 11.2. The highest BCUT2D eigenvalue weighted by atomic mass is 16.6. The highest BCUT2D eigenvalue weighted by Gasteiger charge is 2.39. The predicted molar refractivity (Wildman–Crippen MR) is 209 cm³/mol. The van der Waals surface area contributed by atoms with Gasteiger partial charge in [-0.05, 0) is 60.4 Å². The van der Waals surface area contributed by atoms with Crippen molar-refractivity contribution in [1.29, 1.82) is 0 Å². The Hall–Kier alpha value is -5.80. The smallest absolute Gasteiger partial charge is 0.405 e. The van der Waals surface area contributed by atoms with Crippen LogP contribution < -0.4 is 11.1 Å². The Morgan fingerprint density at radius 3 is 1.88 bits per heavy atom. The summed E-state index contributed by atoms with van der Waals surface area (Å²) in [6.45, 7) is 5.72. The normalized spacial score (nSPS) is 18.6. The molecule has 3 amide bonds. The van der Waals surface area contributed by atoms with Crippen LogP contribution in [0.25, 0.3) is 33.6 Å². The predicted octanol–water partition coefficient (Wildman–Crippen LogP) is 5.43. The third-order valence-corrected chi connectivity index (χ3v) is 11.0. The summed E-state index contributed by atoms with van der Waals surface area (Å²) in [6, 6.07) is 17.6. The van der Waals surface area contributed by atoms with Crippen LogP contribution in [0.15, 0.2) is 79.4 Å². The van der Waals surface area contributed by atoms with Gasteiger partial charge in [0, 0.05) is 38.5 Å². The molecule has 5 aromatic rings. The fourth-order valence-electron chi connectivity index (χ4n) is 7.74. The second-order valence-corrected chi connectivity index (χ2v) is 14.6. The van der Waals surface area contributed by atoms with E-state index in [4.69, 9.17) is 20.2 Å². The Bertz CT molecular complexity index is 2080. The molecule has 2 aliphatic heterocycles. The monoisotopic (exact) mass is 762 g/mol. The summed E-state index contributed by atoms with van der Waals surface area (Å²) in [6.07, 6.45) is 9.30. The fraction of sp³-hybridized carbons (Fsp3) is 0.415. The number of amides is 3. The van der Waals surface area contributed by atoms with Crippen LogP contribution in [0.2, 0.25) is 0 Å². The minimum absolute atomic E-state index is 0.00211. The number of hydrogen-bond donors (Lipinski definition) is 4. The number of aromatic amines is 2. The zero-order valence-electron chi connectivity index (χ0n) is 32.1. The van der Waals surface area contributed by atoms with Crippen molar-refractivity contribution in [3.63, 3.8) is 0 Å². The van der Waals surface area contributed by atoms with Crippen molar-refractivity contribution in [3.05, 3.63) is 91.0 Å². The number of primary amides is 1. The van der Waals surface area contributed by atoms with Gasteiger partial charge in [0.15, 0.2) is 6.10 Å². The van der Waals surface area contributed by atoms with E-state index >= 15 is 0 Å². The van der Waals surface area contributed by atoms with Crippen LogP contribution in [0.4, 0.5) is 4.79 Å². The molecular weight excluding hydrogens is 713 g/mol. The van der Waals surface area contributed by atoms with Crippen molar-refractivity contribution in [2.24, 2.45) is 11.7 Å². The molecule has 0 spiro atoms. The number of likely N-dealkylation sites (tertiary alicyclic amines) is 2. The van der Waals surface area contributed by atoms with Crippen LogP contribution in [-0.4, -0.2) is 96.5 Å².